The van der Waals surface area contributed by atoms with Crippen LogP contribution < -0.4 is 10.8 Å². The van der Waals surface area contributed by atoms with Gasteiger partial charge >= 0.3 is 0 Å². The summed E-state index contributed by atoms with van der Waals surface area (Å²) in [4.78, 5) is 34.9. The number of ether oxygens (including phenoxy) is 1. The van der Waals surface area contributed by atoms with Crippen molar-refractivity contribution in [1.82, 2.24) is 15.7 Å². The van der Waals surface area contributed by atoms with Crippen LogP contribution in [0.4, 0.5) is 0 Å². The maximum atomic E-state index is 12.4. The molecule has 3 N–H and O–H groups in total. The lowest BCUT2D eigenvalue weighted by Crippen LogP contribution is -2.35. The molecular formula is C24H31N3O5. The molecule has 0 saturated carbocycles. The predicted octanol–water partition coefficient (Wildman–Crippen LogP) is 1.76. The first-order valence-electron chi connectivity index (χ1n) is 10.5. The molecule has 0 aliphatic carbocycles. The molecule has 1 fully saturated rings. The number of hydroxylamine groups is 1. The highest BCUT2D eigenvalue weighted by atomic mass is 16.5. The zero-order chi connectivity index (χ0) is 23.3. The van der Waals surface area contributed by atoms with Gasteiger partial charge in [-0.1, -0.05) is 36.4 Å². The number of nitrogens with one attached hydrogen (secondary N) is 2. The van der Waals surface area contributed by atoms with E-state index in [1.807, 2.05) is 36.5 Å². The standard InChI is InChI=1S/C23H29N3O4.CH2O/c1-17(27)22(20-6-8-21(9-7-20)23(28)24-10-11-25-29)19-4-2-18(3-5-19)16-26-12-14-30-15-13-26;1-2/h2-9,22,25,29H,10-16H2,1H3,(H,24,28);1H2. The van der Waals surface area contributed by atoms with Gasteiger partial charge in [-0.25, -0.2) is 5.48 Å². The predicted molar refractivity (Wildman–Crippen MR) is 121 cm³/mol. The van der Waals surface area contributed by atoms with Crippen molar-refractivity contribution in [2.45, 2.75) is 19.4 Å². The molecule has 3 rings (SSSR count). The third kappa shape index (κ3) is 7.35. The van der Waals surface area contributed by atoms with Crippen LogP contribution in [0.2, 0.25) is 0 Å². The number of ketones is 1. The fourth-order valence-electron chi connectivity index (χ4n) is 3.66. The van der Waals surface area contributed by atoms with Crippen LogP contribution >= 0.6 is 0 Å². The number of hydrogen-bond acceptors (Lipinski definition) is 7. The molecule has 32 heavy (non-hydrogen) atoms. The van der Waals surface area contributed by atoms with Gasteiger partial charge in [0.05, 0.1) is 19.1 Å². The van der Waals surface area contributed by atoms with E-state index in [4.69, 9.17) is 14.7 Å². The highest BCUT2D eigenvalue weighted by Crippen LogP contribution is 2.26. The van der Waals surface area contributed by atoms with Gasteiger partial charge in [0, 0.05) is 38.3 Å². The fourth-order valence-corrected chi connectivity index (χ4v) is 3.66. The zero-order valence-electron chi connectivity index (χ0n) is 18.4. The smallest absolute Gasteiger partial charge is 0.251 e. The van der Waals surface area contributed by atoms with Gasteiger partial charge in [-0.05, 0) is 35.7 Å². The van der Waals surface area contributed by atoms with Crippen molar-refractivity contribution in [2.24, 2.45) is 0 Å². The Morgan fingerprint density at radius 2 is 1.56 bits per heavy atom. The molecule has 1 aliphatic heterocycles. The van der Waals surface area contributed by atoms with Crippen molar-refractivity contribution in [3.8, 4) is 0 Å². The number of rotatable bonds is 9. The minimum Gasteiger partial charge on any atom is -0.379 e. The molecule has 8 heteroatoms. The van der Waals surface area contributed by atoms with E-state index < -0.39 is 0 Å². The molecule has 1 heterocycles. The molecule has 0 bridgehead atoms. The molecule has 1 saturated heterocycles. The van der Waals surface area contributed by atoms with E-state index in [0.717, 1.165) is 44.0 Å². The number of nitrogens with zero attached hydrogens (tertiary/aromatic N) is 1. The van der Waals surface area contributed by atoms with Crippen LogP contribution in [0.1, 0.15) is 39.9 Å². The quantitative estimate of drug-likeness (QED) is 0.402. The number of carbonyl (C=O) groups excluding carboxylic acids is 3. The number of hydrogen-bond donors (Lipinski definition) is 3. The topological polar surface area (TPSA) is 108 Å². The molecule has 1 amide bonds. The summed E-state index contributed by atoms with van der Waals surface area (Å²) in [5.41, 5.74) is 5.53. The van der Waals surface area contributed by atoms with Gasteiger partial charge in [-0.3, -0.25) is 14.5 Å². The van der Waals surface area contributed by atoms with Gasteiger partial charge in [0.15, 0.2) is 0 Å². The number of benzene rings is 2. The lowest BCUT2D eigenvalue weighted by atomic mass is 9.87. The Labute approximate surface area is 188 Å². The highest BCUT2D eigenvalue weighted by molar-refractivity contribution is 5.94. The summed E-state index contributed by atoms with van der Waals surface area (Å²) in [5, 5.41) is 11.3. The van der Waals surface area contributed by atoms with Gasteiger partial charge in [-0.15, -0.1) is 0 Å². The summed E-state index contributed by atoms with van der Waals surface area (Å²) in [6.07, 6.45) is 0. The molecule has 1 aliphatic rings. The Morgan fingerprint density at radius 1 is 1.00 bits per heavy atom. The summed E-state index contributed by atoms with van der Waals surface area (Å²) in [7, 11) is 0. The third-order valence-corrected chi connectivity index (χ3v) is 5.26. The van der Waals surface area contributed by atoms with Crippen LogP contribution in [0.3, 0.4) is 0 Å². The molecule has 0 spiro atoms. The molecule has 2 aromatic carbocycles. The van der Waals surface area contributed by atoms with Crippen LogP contribution in [-0.2, 0) is 20.9 Å². The van der Waals surface area contributed by atoms with E-state index in [-0.39, 0.29) is 24.2 Å². The van der Waals surface area contributed by atoms with Crippen molar-refractivity contribution in [1.29, 1.82) is 0 Å². The SMILES string of the molecule is C=O.CC(=O)C(c1ccc(CN2CCOCC2)cc1)c1ccc(C(=O)NCCNO)cc1. The lowest BCUT2D eigenvalue weighted by molar-refractivity contribution is -0.117. The van der Waals surface area contributed by atoms with Crippen molar-refractivity contribution < 1.29 is 24.3 Å². The molecule has 8 nitrogen and oxygen atoms in total. The van der Waals surface area contributed by atoms with Gasteiger partial charge in [-0.2, -0.15) is 0 Å². The van der Waals surface area contributed by atoms with Gasteiger partial charge in [0.1, 0.15) is 12.6 Å². The van der Waals surface area contributed by atoms with Crippen LogP contribution in [0.15, 0.2) is 48.5 Å². The number of amides is 1. The third-order valence-electron chi connectivity index (χ3n) is 5.26. The molecule has 172 valence electrons. The second kappa shape index (κ2) is 13.5. The van der Waals surface area contributed by atoms with Gasteiger partial charge < -0.3 is 20.1 Å². The van der Waals surface area contributed by atoms with Crippen LogP contribution in [0.25, 0.3) is 0 Å². The van der Waals surface area contributed by atoms with Crippen molar-refractivity contribution in [3.05, 3.63) is 70.8 Å². The van der Waals surface area contributed by atoms with Crippen molar-refractivity contribution in [2.75, 3.05) is 39.4 Å². The summed E-state index contributed by atoms with van der Waals surface area (Å²) in [5.74, 6) is -0.524. The minimum atomic E-state index is -0.363. The Kier molecular flexibility index (Phi) is 10.7. The maximum Gasteiger partial charge on any atom is 0.251 e. The molecule has 1 atom stereocenters. The van der Waals surface area contributed by atoms with E-state index in [9.17, 15) is 9.59 Å². The Bertz CT molecular complexity index is 849. The molecule has 2 aromatic rings. The Balaban J connectivity index is 0.00000176. The normalized spacial score (nSPS) is 14.7. The van der Waals surface area contributed by atoms with E-state index in [0.29, 0.717) is 12.1 Å². The minimum absolute atomic E-state index is 0.0575. The van der Waals surface area contributed by atoms with E-state index in [1.165, 1.54) is 5.56 Å². The van der Waals surface area contributed by atoms with Crippen molar-refractivity contribution >= 4 is 18.5 Å². The number of Topliss-reactive ketones (excluding diaryl/α,β-unsaturated/α-hetero) is 1. The Hall–Kier alpha value is -2.91. The first kappa shape index (κ1) is 25.4. The second-order valence-electron chi connectivity index (χ2n) is 7.46. The molecule has 0 radical (unpaired) electrons. The summed E-state index contributed by atoms with van der Waals surface area (Å²) >= 11 is 0. The molecule has 1 unspecified atom stereocenters. The van der Waals surface area contributed by atoms with Crippen LogP contribution in [0.5, 0.6) is 0 Å². The van der Waals surface area contributed by atoms with Gasteiger partial charge in [0.25, 0.3) is 5.91 Å². The lowest BCUT2D eigenvalue weighted by Gasteiger charge is -2.26. The maximum absolute atomic E-state index is 12.4. The first-order chi connectivity index (χ1) is 15.6. The number of carbonyl (C=O) groups is 3. The zero-order valence-corrected chi connectivity index (χ0v) is 18.4. The molecule has 0 aromatic heterocycles. The largest absolute Gasteiger partial charge is 0.379 e. The van der Waals surface area contributed by atoms with E-state index >= 15 is 0 Å². The van der Waals surface area contributed by atoms with Crippen LogP contribution in [-0.4, -0.2) is 68.0 Å². The van der Waals surface area contributed by atoms with E-state index in [2.05, 4.69) is 22.3 Å². The Morgan fingerprint density at radius 3 is 2.09 bits per heavy atom. The summed E-state index contributed by atoms with van der Waals surface area (Å²) in [6, 6.07) is 15.3. The first-order valence-corrected chi connectivity index (χ1v) is 10.5. The fraction of sp³-hybridized carbons (Fsp3) is 0.375. The second-order valence-corrected chi connectivity index (χ2v) is 7.46. The monoisotopic (exact) mass is 441 g/mol. The van der Waals surface area contributed by atoms with Crippen molar-refractivity contribution in [3.63, 3.8) is 0 Å². The highest BCUT2D eigenvalue weighted by Gasteiger charge is 2.20. The van der Waals surface area contributed by atoms with Gasteiger partial charge in [0.2, 0.25) is 0 Å². The summed E-state index contributed by atoms with van der Waals surface area (Å²) in [6.45, 7) is 8.50. The summed E-state index contributed by atoms with van der Waals surface area (Å²) < 4.78 is 5.39. The average Bonchev–Trinajstić information content (AvgIpc) is 2.83. The van der Waals surface area contributed by atoms with Crippen LogP contribution in [0, 0.1) is 0 Å². The van der Waals surface area contributed by atoms with E-state index in [1.54, 1.807) is 19.1 Å². The average molecular weight is 442 g/mol. The molecular weight excluding hydrogens is 410 g/mol. The number of morpholine rings is 1.